The summed E-state index contributed by atoms with van der Waals surface area (Å²) in [5.74, 6) is 1.98. The van der Waals surface area contributed by atoms with Crippen LogP contribution in [0, 0.1) is 6.92 Å². The molecule has 1 atom stereocenters. The highest BCUT2D eigenvalue weighted by atomic mass is 32.2. The first-order chi connectivity index (χ1) is 7.72. The molecule has 16 heavy (non-hydrogen) atoms. The molecule has 0 bridgehead atoms. The summed E-state index contributed by atoms with van der Waals surface area (Å²) in [5, 5.41) is 11.3. The maximum atomic E-state index is 4.26. The predicted molar refractivity (Wildman–Crippen MR) is 68.8 cm³/mol. The lowest BCUT2D eigenvalue weighted by atomic mass is 10.2. The summed E-state index contributed by atoms with van der Waals surface area (Å²) in [7, 11) is 0. The Labute approximate surface area is 102 Å². The molecule has 92 valence electrons. The molecule has 5 heteroatoms. The van der Waals surface area contributed by atoms with Gasteiger partial charge in [0.15, 0.2) is 0 Å². The van der Waals surface area contributed by atoms with Gasteiger partial charge in [-0.3, -0.25) is 5.10 Å². The maximum Gasteiger partial charge on any atom is 0.208 e. The van der Waals surface area contributed by atoms with Gasteiger partial charge in [0.2, 0.25) is 5.16 Å². The molecule has 1 heterocycles. The van der Waals surface area contributed by atoms with E-state index in [4.69, 9.17) is 0 Å². The van der Waals surface area contributed by atoms with Crippen LogP contribution in [0.2, 0.25) is 0 Å². The Bertz CT molecular complexity index is 287. The van der Waals surface area contributed by atoms with E-state index in [-0.39, 0.29) is 0 Å². The number of nitrogens with one attached hydrogen (secondary N) is 2. The molecule has 0 amide bonds. The lowest BCUT2D eigenvalue weighted by Crippen LogP contribution is -2.26. The molecule has 0 aliphatic heterocycles. The van der Waals surface area contributed by atoms with Gasteiger partial charge in [-0.2, -0.15) is 0 Å². The van der Waals surface area contributed by atoms with E-state index in [0.717, 1.165) is 23.3 Å². The number of aryl methyl sites for hydroxylation is 1. The van der Waals surface area contributed by atoms with E-state index in [9.17, 15) is 0 Å². The molecule has 0 spiro atoms. The molecule has 2 N–H and O–H groups in total. The monoisotopic (exact) mass is 242 g/mol. The van der Waals surface area contributed by atoms with E-state index in [1.165, 1.54) is 19.3 Å². The smallest absolute Gasteiger partial charge is 0.208 e. The van der Waals surface area contributed by atoms with Gasteiger partial charge in [-0.1, -0.05) is 18.7 Å². The molecule has 0 saturated carbocycles. The fourth-order valence-electron chi connectivity index (χ4n) is 1.43. The zero-order valence-corrected chi connectivity index (χ0v) is 11.2. The van der Waals surface area contributed by atoms with Crippen molar-refractivity contribution in [2.75, 3.05) is 12.3 Å². The van der Waals surface area contributed by atoms with Crippen LogP contribution in [0.3, 0.4) is 0 Å². The fraction of sp³-hybridized carbons (Fsp3) is 0.818. The maximum absolute atomic E-state index is 4.26. The van der Waals surface area contributed by atoms with Crippen molar-refractivity contribution in [1.29, 1.82) is 0 Å². The van der Waals surface area contributed by atoms with Crippen molar-refractivity contribution in [3.8, 4) is 0 Å². The zero-order chi connectivity index (χ0) is 11.8. The summed E-state index contributed by atoms with van der Waals surface area (Å²) in [6.07, 6.45) is 3.63. The van der Waals surface area contributed by atoms with Crippen LogP contribution in [0.15, 0.2) is 5.16 Å². The van der Waals surface area contributed by atoms with Gasteiger partial charge in [-0.25, -0.2) is 4.98 Å². The van der Waals surface area contributed by atoms with Gasteiger partial charge >= 0.3 is 0 Å². The number of H-pyrrole nitrogens is 1. The summed E-state index contributed by atoms with van der Waals surface area (Å²) in [5.41, 5.74) is 0. The molecular weight excluding hydrogens is 220 g/mol. The molecule has 0 aliphatic rings. The SMILES string of the molecule is CCCNC(C)CCCSc1n[nH]c(C)n1. The van der Waals surface area contributed by atoms with E-state index in [2.05, 4.69) is 34.3 Å². The van der Waals surface area contributed by atoms with Crippen molar-refractivity contribution in [3.63, 3.8) is 0 Å². The first kappa shape index (κ1) is 13.5. The summed E-state index contributed by atoms with van der Waals surface area (Å²) >= 11 is 1.73. The average Bonchev–Trinajstić information content (AvgIpc) is 2.67. The quantitative estimate of drug-likeness (QED) is 0.543. The van der Waals surface area contributed by atoms with Crippen LogP contribution in [0.1, 0.15) is 38.9 Å². The first-order valence-corrected chi connectivity index (χ1v) is 6.96. The predicted octanol–water partition coefficient (Wildman–Crippen LogP) is 2.37. The summed E-state index contributed by atoms with van der Waals surface area (Å²) < 4.78 is 0. The van der Waals surface area contributed by atoms with Crippen LogP contribution < -0.4 is 5.32 Å². The number of thioether (sulfide) groups is 1. The number of nitrogens with zero attached hydrogens (tertiary/aromatic N) is 2. The van der Waals surface area contributed by atoms with E-state index < -0.39 is 0 Å². The summed E-state index contributed by atoms with van der Waals surface area (Å²) in [6.45, 7) is 7.49. The van der Waals surface area contributed by atoms with E-state index in [1.54, 1.807) is 11.8 Å². The van der Waals surface area contributed by atoms with Crippen molar-refractivity contribution in [2.45, 2.75) is 51.2 Å². The molecule has 0 radical (unpaired) electrons. The van der Waals surface area contributed by atoms with Crippen molar-refractivity contribution in [2.24, 2.45) is 0 Å². The molecule has 1 rings (SSSR count). The standard InChI is InChI=1S/C11H22N4S/c1-4-7-12-9(2)6-5-8-16-11-13-10(3)14-15-11/h9,12H,4-8H2,1-3H3,(H,13,14,15). The second-order valence-electron chi connectivity index (χ2n) is 4.05. The lowest BCUT2D eigenvalue weighted by molar-refractivity contribution is 0.510. The molecule has 1 unspecified atom stereocenters. The van der Waals surface area contributed by atoms with Gasteiger partial charge in [-0.05, 0) is 39.7 Å². The number of rotatable bonds is 8. The molecule has 0 fully saturated rings. The second-order valence-corrected chi connectivity index (χ2v) is 5.11. The highest BCUT2D eigenvalue weighted by Crippen LogP contribution is 2.14. The minimum atomic E-state index is 0.620. The van der Waals surface area contributed by atoms with Crippen LogP contribution in [-0.4, -0.2) is 33.5 Å². The van der Waals surface area contributed by atoms with Crippen LogP contribution in [0.5, 0.6) is 0 Å². The minimum Gasteiger partial charge on any atom is -0.314 e. The number of hydrogen-bond donors (Lipinski definition) is 2. The number of aromatic amines is 1. The summed E-state index contributed by atoms with van der Waals surface area (Å²) in [4.78, 5) is 4.26. The van der Waals surface area contributed by atoms with Gasteiger partial charge in [0.25, 0.3) is 0 Å². The Kier molecular flexibility index (Phi) is 6.49. The molecule has 1 aromatic heterocycles. The van der Waals surface area contributed by atoms with Gasteiger partial charge in [0.1, 0.15) is 5.82 Å². The first-order valence-electron chi connectivity index (χ1n) is 5.97. The highest BCUT2D eigenvalue weighted by molar-refractivity contribution is 7.99. The zero-order valence-electron chi connectivity index (χ0n) is 10.4. The van der Waals surface area contributed by atoms with Gasteiger partial charge in [0.05, 0.1) is 0 Å². The van der Waals surface area contributed by atoms with Crippen LogP contribution in [0.4, 0.5) is 0 Å². The Morgan fingerprint density at radius 2 is 2.31 bits per heavy atom. The Morgan fingerprint density at radius 1 is 1.50 bits per heavy atom. The Balaban J connectivity index is 2.03. The average molecular weight is 242 g/mol. The highest BCUT2D eigenvalue weighted by Gasteiger charge is 2.02. The fourth-order valence-corrected chi connectivity index (χ4v) is 2.24. The largest absolute Gasteiger partial charge is 0.314 e. The van der Waals surface area contributed by atoms with Gasteiger partial charge < -0.3 is 5.32 Å². The van der Waals surface area contributed by atoms with Gasteiger partial charge in [0, 0.05) is 11.8 Å². The van der Waals surface area contributed by atoms with Crippen molar-refractivity contribution in [3.05, 3.63) is 5.82 Å². The molecule has 1 aromatic rings. The molecular formula is C11H22N4S. The van der Waals surface area contributed by atoms with Crippen LogP contribution >= 0.6 is 11.8 Å². The van der Waals surface area contributed by atoms with E-state index >= 15 is 0 Å². The number of hydrogen-bond acceptors (Lipinski definition) is 4. The third kappa shape index (κ3) is 5.51. The normalized spacial score (nSPS) is 12.9. The third-order valence-electron chi connectivity index (χ3n) is 2.33. The van der Waals surface area contributed by atoms with Crippen molar-refractivity contribution in [1.82, 2.24) is 20.5 Å². The van der Waals surface area contributed by atoms with Crippen LogP contribution in [-0.2, 0) is 0 Å². The topological polar surface area (TPSA) is 53.6 Å². The number of aromatic nitrogens is 3. The Morgan fingerprint density at radius 3 is 2.94 bits per heavy atom. The van der Waals surface area contributed by atoms with Crippen molar-refractivity contribution < 1.29 is 0 Å². The van der Waals surface area contributed by atoms with Crippen LogP contribution in [0.25, 0.3) is 0 Å². The molecule has 0 aliphatic carbocycles. The Hall–Kier alpha value is -0.550. The third-order valence-corrected chi connectivity index (χ3v) is 3.27. The van der Waals surface area contributed by atoms with E-state index in [0.29, 0.717) is 6.04 Å². The molecule has 0 aromatic carbocycles. The van der Waals surface area contributed by atoms with E-state index in [1.807, 2.05) is 6.92 Å². The second kappa shape index (κ2) is 7.68. The minimum absolute atomic E-state index is 0.620. The molecule has 4 nitrogen and oxygen atoms in total. The summed E-state index contributed by atoms with van der Waals surface area (Å²) in [6, 6.07) is 0.620. The lowest BCUT2D eigenvalue weighted by Gasteiger charge is -2.11. The van der Waals surface area contributed by atoms with Gasteiger partial charge in [-0.15, -0.1) is 5.10 Å². The molecule has 0 saturated heterocycles. The van der Waals surface area contributed by atoms with Crippen molar-refractivity contribution >= 4 is 11.8 Å².